The number of anilines is 1. The maximum Gasteiger partial charge on any atom is 0.165 e. The van der Waals surface area contributed by atoms with E-state index in [0.29, 0.717) is 25.4 Å². The number of likely N-dealkylation sites (tertiary alicyclic amines) is 1. The van der Waals surface area contributed by atoms with E-state index < -0.39 is 0 Å². The van der Waals surface area contributed by atoms with E-state index >= 15 is 0 Å². The van der Waals surface area contributed by atoms with Crippen LogP contribution in [0.15, 0.2) is 42.5 Å². The van der Waals surface area contributed by atoms with Crippen molar-refractivity contribution in [2.24, 2.45) is 0 Å². The van der Waals surface area contributed by atoms with Gasteiger partial charge in [-0.25, -0.2) is 4.39 Å². The molecule has 0 atom stereocenters. The van der Waals surface area contributed by atoms with Crippen molar-refractivity contribution in [1.82, 2.24) is 4.90 Å². The van der Waals surface area contributed by atoms with Crippen LogP contribution in [0.2, 0.25) is 0 Å². The quantitative estimate of drug-likeness (QED) is 0.657. The molecule has 1 fully saturated rings. The third-order valence-electron chi connectivity index (χ3n) is 5.27. The second-order valence-electron chi connectivity index (χ2n) is 7.36. The Morgan fingerprint density at radius 3 is 2.66 bits per heavy atom. The van der Waals surface area contributed by atoms with Gasteiger partial charge < -0.3 is 19.5 Å². The van der Waals surface area contributed by atoms with Crippen LogP contribution in [0.5, 0.6) is 11.5 Å². The normalized spacial score (nSPS) is 14.6. The molecule has 0 saturated carbocycles. The predicted octanol–water partition coefficient (Wildman–Crippen LogP) is 3.70. The lowest BCUT2D eigenvalue weighted by Gasteiger charge is -2.26. The first kappa shape index (κ1) is 21.4. The minimum Gasteiger partial charge on any atom is -0.497 e. The van der Waals surface area contributed by atoms with Crippen LogP contribution < -0.4 is 14.4 Å². The van der Waals surface area contributed by atoms with E-state index in [2.05, 4.69) is 4.90 Å². The molecular formula is C23H31FN2O3. The van der Waals surface area contributed by atoms with E-state index in [1.807, 2.05) is 35.2 Å². The van der Waals surface area contributed by atoms with Gasteiger partial charge in [0.1, 0.15) is 12.4 Å². The molecule has 0 amide bonds. The Hall–Kier alpha value is -2.31. The Bertz CT molecular complexity index is 766. The Kier molecular flexibility index (Phi) is 8.14. The van der Waals surface area contributed by atoms with Crippen LogP contribution in [-0.2, 0) is 6.54 Å². The highest BCUT2D eigenvalue weighted by Crippen LogP contribution is 2.24. The fourth-order valence-corrected chi connectivity index (χ4v) is 3.68. The molecule has 0 radical (unpaired) electrons. The summed E-state index contributed by atoms with van der Waals surface area (Å²) >= 11 is 0. The lowest BCUT2D eigenvalue weighted by molar-refractivity contribution is 0.180. The zero-order chi connectivity index (χ0) is 20.5. The summed E-state index contributed by atoms with van der Waals surface area (Å²) in [4.78, 5) is 4.37. The zero-order valence-corrected chi connectivity index (χ0v) is 17.1. The number of aliphatic hydroxyl groups is 1. The number of ether oxygens (including phenoxy) is 2. The molecule has 0 aromatic heterocycles. The van der Waals surface area contributed by atoms with Crippen molar-refractivity contribution in [2.45, 2.75) is 25.8 Å². The molecule has 1 heterocycles. The molecule has 5 nitrogen and oxygen atoms in total. The SMILES string of the molecule is COc1cccc(N(CCO)Cc2ccc(OCCN3CCCCC3)c(F)c2)c1. The van der Waals surface area contributed by atoms with Gasteiger partial charge in [0.15, 0.2) is 11.6 Å². The fraction of sp³-hybridized carbons (Fsp3) is 0.478. The van der Waals surface area contributed by atoms with Gasteiger partial charge in [0, 0.05) is 31.4 Å². The Morgan fingerprint density at radius 1 is 1.10 bits per heavy atom. The van der Waals surface area contributed by atoms with Crippen molar-refractivity contribution < 1.29 is 19.0 Å². The monoisotopic (exact) mass is 402 g/mol. The van der Waals surface area contributed by atoms with E-state index in [-0.39, 0.29) is 12.4 Å². The van der Waals surface area contributed by atoms with E-state index in [1.54, 1.807) is 13.2 Å². The van der Waals surface area contributed by atoms with Crippen LogP contribution in [0.1, 0.15) is 24.8 Å². The standard InChI is InChI=1S/C23H31FN2O3/c1-28-21-7-5-6-20(17-21)26(12-14-27)18-19-8-9-23(22(24)16-19)29-15-13-25-10-3-2-4-11-25/h5-9,16-17,27H,2-4,10-15,18H2,1H3. The minimum absolute atomic E-state index is 0.0113. The van der Waals surface area contributed by atoms with Gasteiger partial charge >= 0.3 is 0 Å². The Labute approximate surface area is 172 Å². The summed E-state index contributed by atoms with van der Waals surface area (Å²) < 4.78 is 25.5. The van der Waals surface area contributed by atoms with Crippen LogP contribution in [0, 0.1) is 5.82 Å². The summed E-state index contributed by atoms with van der Waals surface area (Å²) in [6.45, 7) is 4.49. The smallest absolute Gasteiger partial charge is 0.165 e. The Balaban J connectivity index is 1.60. The number of hydrogen-bond acceptors (Lipinski definition) is 5. The fourth-order valence-electron chi connectivity index (χ4n) is 3.68. The molecule has 0 spiro atoms. The molecule has 0 aliphatic carbocycles. The van der Waals surface area contributed by atoms with Gasteiger partial charge in [0.05, 0.1) is 13.7 Å². The van der Waals surface area contributed by atoms with E-state index in [1.165, 1.54) is 25.3 Å². The summed E-state index contributed by atoms with van der Waals surface area (Å²) in [6, 6.07) is 12.7. The number of piperidine rings is 1. The lowest BCUT2D eigenvalue weighted by Crippen LogP contribution is -2.33. The first-order valence-electron chi connectivity index (χ1n) is 10.3. The molecule has 2 aromatic rings. The number of nitrogens with zero attached hydrogens (tertiary/aromatic N) is 2. The lowest BCUT2D eigenvalue weighted by atomic mass is 10.1. The third kappa shape index (κ3) is 6.34. The summed E-state index contributed by atoms with van der Waals surface area (Å²) in [5.41, 5.74) is 1.74. The molecule has 0 bridgehead atoms. The molecule has 29 heavy (non-hydrogen) atoms. The summed E-state index contributed by atoms with van der Waals surface area (Å²) in [6.07, 6.45) is 3.78. The van der Waals surface area contributed by atoms with Gasteiger partial charge in [-0.05, 0) is 55.8 Å². The maximum atomic E-state index is 14.5. The summed E-state index contributed by atoms with van der Waals surface area (Å²) in [5, 5.41) is 9.43. The highest BCUT2D eigenvalue weighted by molar-refractivity contribution is 5.51. The van der Waals surface area contributed by atoms with Gasteiger partial charge in [0.25, 0.3) is 0 Å². The summed E-state index contributed by atoms with van der Waals surface area (Å²) in [7, 11) is 1.62. The van der Waals surface area contributed by atoms with E-state index in [4.69, 9.17) is 9.47 Å². The number of halogens is 1. The number of aliphatic hydroxyl groups excluding tert-OH is 1. The van der Waals surface area contributed by atoms with Gasteiger partial charge in [0.2, 0.25) is 0 Å². The van der Waals surface area contributed by atoms with Crippen molar-refractivity contribution in [3.8, 4) is 11.5 Å². The number of benzene rings is 2. The largest absolute Gasteiger partial charge is 0.497 e. The Morgan fingerprint density at radius 2 is 1.93 bits per heavy atom. The van der Waals surface area contributed by atoms with Gasteiger partial charge in [-0.15, -0.1) is 0 Å². The first-order valence-corrected chi connectivity index (χ1v) is 10.3. The van der Waals surface area contributed by atoms with Crippen molar-refractivity contribution in [1.29, 1.82) is 0 Å². The van der Waals surface area contributed by atoms with Crippen molar-refractivity contribution in [3.63, 3.8) is 0 Å². The maximum absolute atomic E-state index is 14.5. The number of hydrogen-bond donors (Lipinski definition) is 1. The molecule has 0 unspecified atom stereocenters. The van der Waals surface area contributed by atoms with Crippen LogP contribution in [0.3, 0.4) is 0 Å². The van der Waals surface area contributed by atoms with Gasteiger partial charge in [-0.3, -0.25) is 4.90 Å². The van der Waals surface area contributed by atoms with Crippen LogP contribution in [0.25, 0.3) is 0 Å². The zero-order valence-electron chi connectivity index (χ0n) is 17.1. The van der Waals surface area contributed by atoms with Gasteiger partial charge in [-0.1, -0.05) is 18.6 Å². The molecule has 2 aromatic carbocycles. The number of rotatable bonds is 10. The van der Waals surface area contributed by atoms with Crippen molar-refractivity contribution in [3.05, 3.63) is 53.8 Å². The van der Waals surface area contributed by atoms with Crippen LogP contribution in [-0.4, -0.2) is 56.5 Å². The van der Waals surface area contributed by atoms with Crippen molar-refractivity contribution in [2.75, 3.05) is 51.4 Å². The second-order valence-corrected chi connectivity index (χ2v) is 7.36. The predicted molar refractivity (Wildman–Crippen MR) is 113 cm³/mol. The van der Waals surface area contributed by atoms with E-state index in [9.17, 15) is 9.50 Å². The topological polar surface area (TPSA) is 45.2 Å². The molecular weight excluding hydrogens is 371 g/mol. The van der Waals surface area contributed by atoms with E-state index in [0.717, 1.165) is 36.6 Å². The second kappa shape index (κ2) is 11.0. The minimum atomic E-state index is -0.351. The molecule has 6 heteroatoms. The highest BCUT2D eigenvalue weighted by Gasteiger charge is 2.13. The summed E-state index contributed by atoms with van der Waals surface area (Å²) in [5.74, 6) is 0.686. The van der Waals surface area contributed by atoms with Crippen LogP contribution >= 0.6 is 0 Å². The molecule has 1 saturated heterocycles. The van der Waals surface area contributed by atoms with Crippen LogP contribution in [0.4, 0.5) is 10.1 Å². The molecule has 158 valence electrons. The van der Waals surface area contributed by atoms with Crippen molar-refractivity contribution >= 4 is 5.69 Å². The molecule has 1 aliphatic rings. The number of methoxy groups -OCH3 is 1. The van der Waals surface area contributed by atoms with Gasteiger partial charge in [-0.2, -0.15) is 0 Å². The molecule has 1 aliphatic heterocycles. The average molecular weight is 403 g/mol. The average Bonchev–Trinajstić information content (AvgIpc) is 2.76. The first-order chi connectivity index (χ1) is 14.2. The molecule has 3 rings (SSSR count). The molecule has 1 N–H and O–H groups in total. The third-order valence-corrected chi connectivity index (χ3v) is 5.27. The highest BCUT2D eigenvalue weighted by atomic mass is 19.1.